The number of amides is 3. The number of nitrogens with zero attached hydrogens (tertiary/aromatic N) is 2. The van der Waals surface area contributed by atoms with Crippen LogP contribution in [0.15, 0.2) is 24.3 Å². The van der Waals surface area contributed by atoms with Gasteiger partial charge in [-0.1, -0.05) is 49.2 Å². The van der Waals surface area contributed by atoms with Crippen LogP contribution in [0.2, 0.25) is 0 Å². The van der Waals surface area contributed by atoms with Crippen molar-refractivity contribution in [3.63, 3.8) is 0 Å². The van der Waals surface area contributed by atoms with E-state index in [1.807, 2.05) is 0 Å². The number of benzene rings is 1. The first-order chi connectivity index (χ1) is 16.3. The molecule has 11 heteroatoms. The average Bonchev–Trinajstić information content (AvgIpc) is 2.77. The van der Waals surface area contributed by atoms with Gasteiger partial charge in [-0.25, -0.2) is 0 Å². The molecule has 0 saturated heterocycles. The smallest absolute Gasteiger partial charge is 0.648 e. The minimum absolute atomic E-state index is 0. The van der Waals surface area contributed by atoms with Crippen LogP contribution in [-0.4, -0.2) is 55.6 Å². The summed E-state index contributed by atoms with van der Waals surface area (Å²) in [6, 6.07) is 6.81. The first kappa shape index (κ1) is 38.7. The SMILES string of the molecule is CC(=O)CCCCCNC(=O)[N-]CCCOCC(=O)[N-]Cc1ccc(CC(=O)CC(C)=O)cc1.[HH].[Rb+].[Rb+]. The van der Waals surface area contributed by atoms with Crippen LogP contribution in [0.1, 0.15) is 64.9 Å². The Bertz CT molecular complexity index is 825. The molecule has 9 nitrogen and oxygen atoms in total. The number of urea groups is 1. The summed E-state index contributed by atoms with van der Waals surface area (Å²) in [5, 5.41) is 10.5. The molecular formula is C25H37N3O6Rb2. The summed E-state index contributed by atoms with van der Waals surface area (Å²) in [6.45, 7) is 4.19. The van der Waals surface area contributed by atoms with Crippen LogP contribution in [0.5, 0.6) is 0 Å². The van der Waals surface area contributed by atoms with Gasteiger partial charge in [0.05, 0.1) is 18.9 Å². The van der Waals surface area contributed by atoms with Gasteiger partial charge >= 0.3 is 116 Å². The minimum atomic E-state index is -0.375. The Morgan fingerprint density at radius 2 is 1.53 bits per heavy atom. The van der Waals surface area contributed by atoms with Crippen LogP contribution in [-0.2, 0) is 36.9 Å². The Kier molecular flexibility index (Phi) is 26.4. The Morgan fingerprint density at radius 1 is 0.861 bits per heavy atom. The molecule has 3 amide bonds. The fraction of sp³-hybridized carbons (Fsp3) is 0.560. The first-order valence-corrected chi connectivity index (χ1v) is 11.6. The molecular weight excluding hydrogens is 609 g/mol. The molecule has 0 saturated carbocycles. The van der Waals surface area contributed by atoms with Gasteiger partial charge in [0.1, 0.15) is 17.3 Å². The van der Waals surface area contributed by atoms with Gasteiger partial charge in [0.25, 0.3) is 0 Å². The van der Waals surface area contributed by atoms with E-state index in [0.29, 0.717) is 32.5 Å². The summed E-state index contributed by atoms with van der Waals surface area (Å²) in [5.41, 5.74) is 1.65. The third-order valence-electron chi connectivity index (χ3n) is 4.72. The zero-order valence-electron chi connectivity index (χ0n) is 22.1. The summed E-state index contributed by atoms with van der Waals surface area (Å²) in [7, 11) is 0. The summed E-state index contributed by atoms with van der Waals surface area (Å²) in [4.78, 5) is 56.9. The van der Waals surface area contributed by atoms with Crippen molar-refractivity contribution in [3.05, 3.63) is 46.0 Å². The van der Waals surface area contributed by atoms with Crippen LogP contribution < -0.4 is 122 Å². The molecule has 1 rings (SSSR count). The van der Waals surface area contributed by atoms with Crippen molar-refractivity contribution in [2.24, 2.45) is 0 Å². The van der Waals surface area contributed by atoms with Crippen LogP contribution >= 0.6 is 0 Å². The topological polar surface area (TPSA) is 135 Å². The molecule has 0 aliphatic heterocycles. The molecule has 0 spiro atoms. The predicted octanol–water partition coefficient (Wildman–Crippen LogP) is -1.93. The maximum Gasteiger partial charge on any atom is 1.00 e. The third kappa shape index (κ3) is 22.5. The van der Waals surface area contributed by atoms with E-state index in [1.165, 1.54) is 6.92 Å². The maximum atomic E-state index is 11.8. The zero-order valence-corrected chi connectivity index (χ0v) is 32.0. The van der Waals surface area contributed by atoms with Gasteiger partial charge in [0.15, 0.2) is 6.03 Å². The van der Waals surface area contributed by atoms with Crippen molar-refractivity contribution in [1.29, 1.82) is 0 Å². The second-order valence-corrected chi connectivity index (χ2v) is 8.15. The number of ether oxygens (including phenoxy) is 1. The van der Waals surface area contributed by atoms with E-state index in [2.05, 4.69) is 16.0 Å². The van der Waals surface area contributed by atoms with E-state index in [1.54, 1.807) is 31.2 Å². The molecule has 0 unspecified atom stereocenters. The van der Waals surface area contributed by atoms with Crippen LogP contribution in [0.25, 0.3) is 10.6 Å². The van der Waals surface area contributed by atoms with Gasteiger partial charge in [-0.05, 0) is 38.8 Å². The van der Waals surface area contributed by atoms with Crippen molar-refractivity contribution in [2.45, 2.75) is 65.3 Å². The second-order valence-electron chi connectivity index (χ2n) is 8.15. The first-order valence-electron chi connectivity index (χ1n) is 11.6. The number of carbonyl (C=O) groups is 5. The molecule has 1 aromatic rings. The zero-order chi connectivity index (χ0) is 25.2. The normalized spacial score (nSPS) is 9.83. The van der Waals surface area contributed by atoms with Crippen molar-refractivity contribution >= 4 is 29.3 Å². The van der Waals surface area contributed by atoms with Crippen LogP contribution in [0, 0.1) is 0 Å². The molecule has 0 fully saturated rings. The number of rotatable bonds is 18. The van der Waals surface area contributed by atoms with Gasteiger partial charge in [-0.15, -0.1) is 6.54 Å². The number of nitrogens with one attached hydrogen (secondary N) is 1. The minimum Gasteiger partial charge on any atom is -0.648 e. The van der Waals surface area contributed by atoms with E-state index < -0.39 is 0 Å². The number of unbranched alkanes of at least 4 members (excludes halogenated alkanes) is 2. The molecule has 0 heterocycles. The molecule has 0 bridgehead atoms. The standard InChI is InChI=1S/C25H37N3O6.2Rb.H2/c1-19(29)7-4-3-5-12-26-25(33)27-13-6-14-34-18-24(32)28-17-22-10-8-21(9-11-22)16-23(31)15-20(2)30;;;/h8-11H,3-7,12-18H2,1-2H3,(H3,26,27,28,32,33);;;1H/q;2*+1;/p-2. The molecule has 0 aliphatic carbocycles. The fourth-order valence-corrected chi connectivity index (χ4v) is 2.99. The number of Topliss-reactive ketones (excluding diaryl/α,β-unsaturated/α-hetero) is 3. The summed E-state index contributed by atoms with van der Waals surface area (Å²) < 4.78 is 5.28. The van der Waals surface area contributed by atoms with Gasteiger partial charge in [0.2, 0.25) is 0 Å². The molecule has 0 radical (unpaired) electrons. The Hall–Kier alpha value is 0.540. The average molecular weight is 647 g/mol. The van der Waals surface area contributed by atoms with E-state index in [4.69, 9.17) is 4.74 Å². The molecule has 190 valence electrons. The Morgan fingerprint density at radius 3 is 2.17 bits per heavy atom. The Balaban J connectivity index is -0.00000385. The molecule has 36 heavy (non-hydrogen) atoms. The van der Waals surface area contributed by atoms with E-state index in [-0.39, 0.29) is 173 Å². The van der Waals surface area contributed by atoms with Crippen molar-refractivity contribution in [3.8, 4) is 0 Å². The quantitative estimate of drug-likeness (QED) is 0.146. The van der Waals surface area contributed by atoms with Crippen LogP contribution in [0.3, 0.4) is 0 Å². The number of hydrogen-bond acceptors (Lipinski definition) is 6. The van der Waals surface area contributed by atoms with Gasteiger partial charge in [-0.3, -0.25) is 14.4 Å². The largest absolute Gasteiger partial charge is 1.00 e. The molecule has 0 aliphatic rings. The predicted molar refractivity (Wildman–Crippen MR) is 131 cm³/mol. The number of carbonyl (C=O) groups excluding carboxylic acids is 5. The van der Waals surface area contributed by atoms with Gasteiger partial charge < -0.3 is 30.3 Å². The molecule has 1 aromatic carbocycles. The monoisotopic (exact) mass is 645 g/mol. The van der Waals surface area contributed by atoms with Crippen LogP contribution in [0.4, 0.5) is 4.79 Å². The van der Waals surface area contributed by atoms with Gasteiger partial charge in [-0.2, -0.15) is 0 Å². The molecule has 0 atom stereocenters. The molecule has 1 N–H and O–H groups in total. The third-order valence-corrected chi connectivity index (χ3v) is 4.72. The summed E-state index contributed by atoms with van der Waals surface area (Å²) in [5.74, 6) is -0.464. The summed E-state index contributed by atoms with van der Waals surface area (Å²) >= 11 is 0. The van der Waals surface area contributed by atoms with E-state index >= 15 is 0 Å². The van der Waals surface area contributed by atoms with Gasteiger partial charge in [0, 0.05) is 20.9 Å². The van der Waals surface area contributed by atoms with Crippen molar-refractivity contribution in [1.82, 2.24) is 5.32 Å². The van der Waals surface area contributed by atoms with E-state index in [9.17, 15) is 24.0 Å². The molecule has 0 aromatic heterocycles. The number of ketones is 3. The fourth-order valence-electron chi connectivity index (χ4n) is 2.99. The van der Waals surface area contributed by atoms with E-state index in [0.717, 1.165) is 30.4 Å². The van der Waals surface area contributed by atoms with Crippen molar-refractivity contribution in [2.75, 3.05) is 26.3 Å². The van der Waals surface area contributed by atoms with Crippen molar-refractivity contribution < 1.29 is 147 Å². The Labute approximate surface area is 313 Å². The second kappa shape index (κ2) is 24.6. The maximum absolute atomic E-state index is 11.8. The number of hydrogen-bond donors (Lipinski definition) is 1. The summed E-state index contributed by atoms with van der Waals surface area (Å²) in [6.07, 6.45) is 3.78.